The van der Waals surface area contributed by atoms with E-state index in [9.17, 15) is 14.4 Å². The van der Waals surface area contributed by atoms with Gasteiger partial charge in [0.1, 0.15) is 4.88 Å². The van der Waals surface area contributed by atoms with Crippen molar-refractivity contribution in [2.75, 3.05) is 51.0 Å². The van der Waals surface area contributed by atoms with Gasteiger partial charge in [0.05, 0.1) is 47.6 Å². The Labute approximate surface area is 159 Å². The van der Waals surface area contributed by atoms with Crippen LogP contribution in [0.5, 0.6) is 0 Å². The maximum Gasteiger partial charge on any atom is 0.350 e. The molecule has 26 heavy (non-hydrogen) atoms. The number of nitrogen functional groups attached to an aromatic ring is 1. The number of nitrogens with two attached hydrogens (primary N) is 1. The smallest absolute Gasteiger partial charge is 0.350 e. The minimum absolute atomic E-state index is 0.0272. The zero-order chi connectivity index (χ0) is 19.1. The molecule has 1 saturated heterocycles. The molecular formula is C16H22N2O6S2. The van der Waals surface area contributed by atoms with E-state index in [0.717, 1.165) is 23.1 Å². The van der Waals surface area contributed by atoms with Crippen LogP contribution in [0.3, 0.4) is 0 Å². The van der Waals surface area contributed by atoms with Gasteiger partial charge in [-0.15, -0.1) is 23.1 Å². The summed E-state index contributed by atoms with van der Waals surface area (Å²) in [7, 11) is 0. The van der Waals surface area contributed by atoms with E-state index in [1.165, 1.54) is 0 Å². The molecule has 2 rings (SSSR count). The molecule has 8 nitrogen and oxygen atoms in total. The van der Waals surface area contributed by atoms with Gasteiger partial charge in [-0.05, 0) is 13.8 Å². The number of amides is 1. The van der Waals surface area contributed by atoms with Crippen molar-refractivity contribution in [3.8, 4) is 0 Å². The molecule has 1 aromatic rings. The Bertz CT molecular complexity index is 670. The zero-order valence-electron chi connectivity index (χ0n) is 14.7. The molecule has 1 fully saturated rings. The van der Waals surface area contributed by atoms with Gasteiger partial charge in [-0.25, -0.2) is 4.79 Å². The first-order valence-electron chi connectivity index (χ1n) is 8.24. The van der Waals surface area contributed by atoms with E-state index in [4.69, 9.17) is 19.9 Å². The number of carbonyl (C=O) groups excluding carboxylic acids is 3. The fourth-order valence-electron chi connectivity index (χ4n) is 2.33. The highest BCUT2D eigenvalue weighted by Gasteiger charge is 2.30. The first kappa shape index (κ1) is 20.5. The van der Waals surface area contributed by atoms with Gasteiger partial charge >= 0.3 is 11.9 Å². The molecule has 0 saturated carbocycles. The summed E-state index contributed by atoms with van der Waals surface area (Å²) >= 11 is 2.20. The molecule has 10 heteroatoms. The summed E-state index contributed by atoms with van der Waals surface area (Å²) in [6.07, 6.45) is 0. The number of anilines is 1. The molecule has 1 aliphatic heterocycles. The number of esters is 2. The van der Waals surface area contributed by atoms with Crippen molar-refractivity contribution in [3.05, 3.63) is 10.4 Å². The second-order valence-corrected chi connectivity index (χ2v) is 7.49. The summed E-state index contributed by atoms with van der Waals surface area (Å²) in [6, 6.07) is 0. The number of rotatable bonds is 7. The van der Waals surface area contributed by atoms with Gasteiger partial charge in [-0.1, -0.05) is 0 Å². The van der Waals surface area contributed by atoms with Gasteiger partial charge in [0.15, 0.2) is 0 Å². The lowest BCUT2D eigenvalue weighted by molar-refractivity contribution is -0.139. The predicted molar refractivity (Wildman–Crippen MR) is 98.8 cm³/mol. The summed E-state index contributed by atoms with van der Waals surface area (Å²) in [4.78, 5) is 38.5. The highest BCUT2D eigenvalue weighted by Crippen LogP contribution is 2.39. The Hall–Kier alpha value is -1.78. The highest BCUT2D eigenvalue weighted by molar-refractivity contribution is 8.01. The van der Waals surface area contributed by atoms with E-state index in [0.29, 0.717) is 30.5 Å². The van der Waals surface area contributed by atoms with Crippen LogP contribution in [0.1, 0.15) is 33.9 Å². The van der Waals surface area contributed by atoms with Crippen molar-refractivity contribution in [1.29, 1.82) is 0 Å². The van der Waals surface area contributed by atoms with E-state index < -0.39 is 11.9 Å². The van der Waals surface area contributed by atoms with E-state index in [1.54, 1.807) is 18.7 Å². The molecule has 0 radical (unpaired) electrons. The lowest BCUT2D eigenvalue weighted by Crippen LogP contribution is -2.41. The molecule has 1 aliphatic rings. The minimum atomic E-state index is -0.575. The van der Waals surface area contributed by atoms with Gasteiger partial charge in [-0.3, -0.25) is 9.59 Å². The average Bonchev–Trinajstić information content (AvgIpc) is 2.97. The second kappa shape index (κ2) is 9.79. The highest BCUT2D eigenvalue weighted by atomic mass is 32.2. The van der Waals surface area contributed by atoms with Crippen LogP contribution in [0.25, 0.3) is 0 Å². The molecule has 0 bridgehead atoms. The van der Waals surface area contributed by atoms with Crippen LogP contribution in [0.4, 0.5) is 5.69 Å². The maximum atomic E-state index is 12.9. The summed E-state index contributed by atoms with van der Waals surface area (Å²) < 4.78 is 15.7. The predicted octanol–water partition coefficient (Wildman–Crippen LogP) is 1.63. The lowest BCUT2D eigenvalue weighted by atomic mass is 10.2. The van der Waals surface area contributed by atoms with Crippen LogP contribution in [0.15, 0.2) is 4.21 Å². The number of carbonyl (C=O) groups is 3. The Balaban J connectivity index is 2.30. The molecule has 2 heterocycles. The Morgan fingerprint density at radius 1 is 1.19 bits per heavy atom. The van der Waals surface area contributed by atoms with Crippen molar-refractivity contribution in [2.24, 2.45) is 0 Å². The van der Waals surface area contributed by atoms with E-state index in [1.807, 2.05) is 0 Å². The van der Waals surface area contributed by atoms with Crippen molar-refractivity contribution < 1.29 is 28.6 Å². The van der Waals surface area contributed by atoms with Gasteiger partial charge < -0.3 is 24.8 Å². The SMILES string of the molecule is CCOC(=O)CSc1sc(C(=O)OCC)c(N)c1C(=O)N1CCOCC1. The quantitative estimate of drug-likeness (QED) is 0.542. The van der Waals surface area contributed by atoms with Crippen LogP contribution in [0, 0.1) is 0 Å². The molecule has 0 spiro atoms. The van der Waals surface area contributed by atoms with Crippen LogP contribution in [-0.4, -0.2) is 68.0 Å². The minimum Gasteiger partial charge on any atom is -0.465 e. The van der Waals surface area contributed by atoms with Gasteiger partial charge in [0, 0.05) is 13.1 Å². The van der Waals surface area contributed by atoms with Crippen LogP contribution >= 0.6 is 23.1 Å². The first-order valence-corrected chi connectivity index (χ1v) is 10.0. The van der Waals surface area contributed by atoms with Gasteiger partial charge in [0.25, 0.3) is 5.91 Å². The monoisotopic (exact) mass is 402 g/mol. The molecule has 1 aromatic heterocycles. The molecule has 2 N–H and O–H groups in total. The van der Waals surface area contributed by atoms with Crippen LogP contribution < -0.4 is 5.73 Å². The van der Waals surface area contributed by atoms with Crippen molar-refractivity contribution in [1.82, 2.24) is 4.90 Å². The topological polar surface area (TPSA) is 108 Å². The normalized spacial score (nSPS) is 14.2. The average molecular weight is 402 g/mol. The van der Waals surface area contributed by atoms with Crippen molar-refractivity contribution in [3.63, 3.8) is 0 Å². The molecule has 144 valence electrons. The summed E-state index contributed by atoms with van der Waals surface area (Å²) in [5, 5.41) is 0. The summed E-state index contributed by atoms with van der Waals surface area (Å²) in [6.45, 7) is 5.69. The van der Waals surface area contributed by atoms with E-state index in [-0.39, 0.29) is 41.0 Å². The number of ether oxygens (including phenoxy) is 3. The van der Waals surface area contributed by atoms with Crippen LogP contribution in [-0.2, 0) is 19.0 Å². The van der Waals surface area contributed by atoms with Crippen molar-refractivity contribution in [2.45, 2.75) is 18.1 Å². The van der Waals surface area contributed by atoms with E-state index in [2.05, 4.69) is 0 Å². The number of hydrogen-bond acceptors (Lipinski definition) is 9. The zero-order valence-corrected chi connectivity index (χ0v) is 16.4. The Morgan fingerprint density at radius 3 is 2.46 bits per heavy atom. The van der Waals surface area contributed by atoms with E-state index >= 15 is 0 Å². The summed E-state index contributed by atoms with van der Waals surface area (Å²) in [5.74, 6) is -1.22. The second-order valence-electron chi connectivity index (χ2n) is 5.23. The third kappa shape index (κ3) is 4.89. The molecule has 0 atom stereocenters. The fraction of sp³-hybridized carbons (Fsp3) is 0.562. The third-order valence-electron chi connectivity index (χ3n) is 3.51. The molecule has 0 unspecified atom stereocenters. The standard InChI is InChI=1S/C16H22N2O6S2/c1-3-23-10(19)9-25-16-11(14(20)18-5-7-22-8-6-18)12(17)13(26-16)15(21)24-4-2/h3-9,17H2,1-2H3. The Morgan fingerprint density at radius 2 is 1.85 bits per heavy atom. The molecule has 0 aromatic carbocycles. The summed E-state index contributed by atoms with van der Waals surface area (Å²) in [5.41, 5.74) is 6.45. The lowest BCUT2D eigenvalue weighted by Gasteiger charge is -2.27. The molecule has 0 aliphatic carbocycles. The maximum absolute atomic E-state index is 12.9. The first-order chi connectivity index (χ1) is 12.5. The van der Waals surface area contributed by atoms with Crippen LogP contribution in [0.2, 0.25) is 0 Å². The number of hydrogen-bond donors (Lipinski definition) is 1. The van der Waals surface area contributed by atoms with Crippen molar-refractivity contribution >= 4 is 46.6 Å². The Kier molecular flexibility index (Phi) is 7.73. The largest absolute Gasteiger partial charge is 0.465 e. The molecule has 1 amide bonds. The van der Waals surface area contributed by atoms with Gasteiger partial charge in [0.2, 0.25) is 0 Å². The molecular weight excluding hydrogens is 380 g/mol. The number of nitrogens with zero attached hydrogens (tertiary/aromatic N) is 1. The number of thiophene rings is 1. The van der Waals surface area contributed by atoms with Gasteiger partial charge in [-0.2, -0.15) is 0 Å². The number of thioether (sulfide) groups is 1. The third-order valence-corrected chi connectivity index (χ3v) is 5.94. The number of morpholine rings is 1. The fourth-order valence-corrected chi connectivity index (χ4v) is 4.50.